The average molecular weight is 288 g/mol. The van der Waals surface area contributed by atoms with Crippen LogP contribution in [0.4, 0.5) is 0 Å². The van der Waals surface area contributed by atoms with Crippen molar-refractivity contribution < 1.29 is 0 Å². The van der Waals surface area contributed by atoms with E-state index >= 15 is 0 Å². The van der Waals surface area contributed by atoms with E-state index in [0.717, 1.165) is 35.1 Å². The van der Waals surface area contributed by atoms with Gasteiger partial charge in [-0.2, -0.15) is 0 Å². The van der Waals surface area contributed by atoms with Gasteiger partial charge in [-0.1, -0.05) is 57.0 Å². The Morgan fingerprint density at radius 3 is 2.22 bits per heavy atom. The van der Waals surface area contributed by atoms with Crippen LogP contribution in [0.1, 0.15) is 33.3 Å². The van der Waals surface area contributed by atoms with Crippen molar-refractivity contribution in [3.63, 3.8) is 0 Å². The van der Waals surface area contributed by atoms with Crippen molar-refractivity contribution in [2.24, 2.45) is 11.3 Å². The third kappa shape index (κ3) is 5.17. The van der Waals surface area contributed by atoms with Gasteiger partial charge >= 0.3 is 0 Å². The number of nitrogens with one attached hydrogen (secondary N) is 1. The zero-order valence-corrected chi connectivity index (χ0v) is 13.2. The van der Waals surface area contributed by atoms with Gasteiger partial charge in [0.2, 0.25) is 0 Å². The molecule has 1 nitrogen and oxygen atoms in total. The molecule has 0 bridgehead atoms. The molecule has 0 aliphatic heterocycles. The normalized spacial score (nSPS) is 12.2. The van der Waals surface area contributed by atoms with Crippen LogP contribution in [-0.2, 0) is 6.42 Å². The molecule has 0 aliphatic rings. The Bertz CT molecular complexity index is 366. The molecular weight excluding hydrogens is 265 g/mol. The summed E-state index contributed by atoms with van der Waals surface area (Å²) >= 11 is 12.4. The summed E-state index contributed by atoms with van der Waals surface area (Å²) in [5.74, 6) is 0.671. The summed E-state index contributed by atoms with van der Waals surface area (Å²) in [4.78, 5) is 0. The first-order valence-electron chi connectivity index (χ1n) is 6.45. The summed E-state index contributed by atoms with van der Waals surface area (Å²) in [7, 11) is 0. The van der Waals surface area contributed by atoms with E-state index in [-0.39, 0.29) is 5.41 Å². The highest BCUT2D eigenvalue weighted by Gasteiger charge is 2.21. The third-order valence-corrected chi connectivity index (χ3v) is 3.58. The van der Waals surface area contributed by atoms with Crippen LogP contribution in [-0.4, -0.2) is 13.1 Å². The fourth-order valence-corrected chi connectivity index (χ4v) is 2.47. The first-order chi connectivity index (χ1) is 8.32. The summed E-state index contributed by atoms with van der Waals surface area (Å²) in [5, 5.41) is 5.02. The Labute approximate surface area is 121 Å². The van der Waals surface area contributed by atoms with E-state index in [1.54, 1.807) is 0 Å². The molecule has 0 radical (unpaired) electrons. The summed E-state index contributed by atoms with van der Waals surface area (Å²) in [6, 6.07) is 5.69. The molecule has 1 N–H and O–H groups in total. The summed E-state index contributed by atoms with van der Waals surface area (Å²) in [6.45, 7) is 10.9. The third-order valence-electron chi connectivity index (χ3n) is 2.87. The van der Waals surface area contributed by atoms with Crippen LogP contribution in [0.5, 0.6) is 0 Å². The Hall–Kier alpha value is -0.240. The molecule has 18 heavy (non-hydrogen) atoms. The van der Waals surface area contributed by atoms with Gasteiger partial charge in [0.1, 0.15) is 0 Å². The van der Waals surface area contributed by atoms with Crippen molar-refractivity contribution in [3.8, 4) is 0 Å². The molecule has 0 aliphatic carbocycles. The molecule has 0 unspecified atom stereocenters. The van der Waals surface area contributed by atoms with Crippen molar-refractivity contribution in [2.45, 2.75) is 34.1 Å². The maximum atomic E-state index is 6.22. The van der Waals surface area contributed by atoms with Gasteiger partial charge in [0.25, 0.3) is 0 Å². The first-order valence-corrected chi connectivity index (χ1v) is 7.21. The van der Waals surface area contributed by atoms with Crippen LogP contribution in [0.2, 0.25) is 10.0 Å². The van der Waals surface area contributed by atoms with Crippen molar-refractivity contribution in [1.29, 1.82) is 0 Å². The van der Waals surface area contributed by atoms with Gasteiger partial charge in [-0.15, -0.1) is 0 Å². The molecule has 1 rings (SSSR count). The molecule has 102 valence electrons. The molecule has 1 aromatic rings. The highest BCUT2D eigenvalue weighted by molar-refractivity contribution is 6.35. The molecule has 0 atom stereocenters. The lowest BCUT2D eigenvalue weighted by Gasteiger charge is -2.26. The van der Waals surface area contributed by atoms with E-state index in [0.29, 0.717) is 5.92 Å². The second-order valence-corrected chi connectivity index (χ2v) is 6.88. The lowest BCUT2D eigenvalue weighted by atomic mass is 9.85. The van der Waals surface area contributed by atoms with E-state index < -0.39 is 0 Å². The Morgan fingerprint density at radius 2 is 1.72 bits per heavy atom. The van der Waals surface area contributed by atoms with Crippen molar-refractivity contribution >= 4 is 23.2 Å². The van der Waals surface area contributed by atoms with Gasteiger partial charge in [0, 0.05) is 16.6 Å². The molecule has 0 aromatic heterocycles. The number of rotatable bonds is 6. The minimum atomic E-state index is 0.142. The molecule has 0 saturated carbocycles. The number of benzene rings is 1. The van der Waals surface area contributed by atoms with Crippen LogP contribution >= 0.6 is 23.2 Å². The number of hydrogen-bond acceptors (Lipinski definition) is 1. The maximum absolute atomic E-state index is 6.22. The second kappa shape index (κ2) is 6.79. The topological polar surface area (TPSA) is 12.0 Å². The maximum Gasteiger partial charge on any atom is 0.0453 e. The smallest absolute Gasteiger partial charge is 0.0453 e. The second-order valence-electron chi connectivity index (χ2n) is 6.07. The number of halogens is 2. The average Bonchev–Trinajstić information content (AvgIpc) is 2.23. The Morgan fingerprint density at radius 1 is 1.17 bits per heavy atom. The van der Waals surface area contributed by atoms with Gasteiger partial charge in [-0.25, -0.2) is 0 Å². The van der Waals surface area contributed by atoms with Crippen molar-refractivity contribution in [1.82, 2.24) is 5.32 Å². The fraction of sp³-hybridized carbons (Fsp3) is 0.600. The summed E-state index contributed by atoms with van der Waals surface area (Å²) in [6.07, 6.45) is 0.886. The SMILES string of the molecule is CC(C)CNCC(C)(C)Cc1c(Cl)cccc1Cl. The van der Waals surface area contributed by atoms with Gasteiger partial charge in [-0.05, 0) is 42.0 Å². The van der Waals surface area contributed by atoms with E-state index in [1.165, 1.54) is 0 Å². The predicted octanol–water partition coefficient (Wildman–Crippen LogP) is 4.81. The molecule has 3 heteroatoms. The number of hydrogen-bond donors (Lipinski definition) is 1. The van der Waals surface area contributed by atoms with Crippen LogP contribution in [0, 0.1) is 11.3 Å². The summed E-state index contributed by atoms with van der Waals surface area (Å²) < 4.78 is 0. The van der Waals surface area contributed by atoms with Gasteiger partial charge in [-0.3, -0.25) is 0 Å². The van der Waals surface area contributed by atoms with Crippen LogP contribution in [0.25, 0.3) is 0 Å². The highest BCUT2D eigenvalue weighted by atomic mass is 35.5. The Kier molecular flexibility index (Phi) is 5.97. The van der Waals surface area contributed by atoms with Gasteiger partial charge in [0.05, 0.1) is 0 Å². The standard InChI is InChI=1S/C15H23Cl2N/c1-11(2)9-18-10-15(3,4)8-12-13(16)6-5-7-14(12)17/h5-7,11,18H,8-10H2,1-4H3. The molecule has 0 fully saturated rings. The molecule has 1 aromatic carbocycles. The van der Waals surface area contributed by atoms with Crippen LogP contribution in [0.15, 0.2) is 18.2 Å². The van der Waals surface area contributed by atoms with E-state index in [9.17, 15) is 0 Å². The lowest BCUT2D eigenvalue weighted by molar-refractivity contribution is 0.330. The van der Waals surface area contributed by atoms with Crippen molar-refractivity contribution in [2.75, 3.05) is 13.1 Å². The lowest BCUT2D eigenvalue weighted by Crippen LogP contribution is -2.33. The molecular formula is C15H23Cl2N. The largest absolute Gasteiger partial charge is 0.316 e. The van der Waals surface area contributed by atoms with Crippen LogP contribution < -0.4 is 5.32 Å². The summed E-state index contributed by atoms with van der Waals surface area (Å²) in [5.41, 5.74) is 1.20. The molecule has 0 heterocycles. The molecule has 0 amide bonds. The quantitative estimate of drug-likeness (QED) is 0.792. The van der Waals surface area contributed by atoms with Gasteiger partial charge in [0.15, 0.2) is 0 Å². The predicted molar refractivity (Wildman–Crippen MR) is 81.7 cm³/mol. The molecule has 0 spiro atoms. The van der Waals surface area contributed by atoms with Crippen molar-refractivity contribution in [3.05, 3.63) is 33.8 Å². The van der Waals surface area contributed by atoms with E-state index in [4.69, 9.17) is 23.2 Å². The van der Waals surface area contributed by atoms with Gasteiger partial charge < -0.3 is 5.32 Å². The minimum Gasteiger partial charge on any atom is -0.316 e. The Balaban J connectivity index is 2.64. The highest BCUT2D eigenvalue weighted by Crippen LogP contribution is 2.31. The van der Waals surface area contributed by atoms with Crippen LogP contribution in [0.3, 0.4) is 0 Å². The van der Waals surface area contributed by atoms with E-state index in [2.05, 4.69) is 33.0 Å². The minimum absolute atomic E-state index is 0.142. The van der Waals surface area contributed by atoms with E-state index in [1.807, 2.05) is 18.2 Å². The fourth-order valence-electron chi connectivity index (χ4n) is 1.94. The zero-order chi connectivity index (χ0) is 13.8. The zero-order valence-electron chi connectivity index (χ0n) is 11.7. The molecule has 0 saturated heterocycles. The monoisotopic (exact) mass is 287 g/mol. The first kappa shape index (κ1) is 15.8.